The summed E-state index contributed by atoms with van der Waals surface area (Å²) in [5.74, 6) is 0.191. The van der Waals surface area contributed by atoms with Gasteiger partial charge in [-0.3, -0.25) is 4.68 Å². The van der Waals surface area contributed by atoms with Crippen LogP contribution in [0.1, 0.15) is 39.8 Å². The third-order valence-corrected chi connectivity index (χ3v) is 3.84. The zero-order valence-electron chi connectivity index (χ0n) is 10.00. The van der Waals surface area contributed by atoms with Crippen LogP contribution in [0.3, 0.4) is 0 Å². The highest BCUT2D eigenvalue weighted by Gasteiger charge is 2.31. The summed E-state index contributed by atoms with van der Waals surface area (Å²) in [5.41, 5.74) is 3.50. The van der Waals surface area contributed by atoms with E-state index in [0.717, 1.165) is 24.2 Å². The summed E-state index contributed by atoms with van der Waals surface area (Å²) in [7, 11) is 1.82. The number of carbonyl (C=O) groups excluding carboxylic acids is 1. The van der Waals surface area contributed by atoms with Crippen molar-refractivity contribution in [1.29, 1.82) is 0 Å². The van der Waals surface area contributed by atoms with Crippen molar-refractivity contribution < 1.29 is 9.53 Å². The molecular formula is C12H13N3O2S. The van der Waals surface area contributed by atoms with Crippen molar-refractivity contribution in [3.05, 3.63) is 34.0 Å². The van der Waals surface area contributed by atoms with Gasteiger partial charge in [-0.15, -0.1) is 11.3 Å². The average Bonchev–Trinajstić information content (AvgIpc) is 2.95. The fourth-order valence-electron chi connectivity index (χ4n) is 1.80. The van der Waals surface area contributed by atoms with Crippen LogP contribution in [-0.2, 0) is 18.4 Å². The molecule has 94 valence electrons. The highest BCUT2D eigenvalue weighted by atomic mass is 32.1. The number of esters is 1. The Labute approximate surface area is 108 Å². The van der Waals surface area contributed by atoms with Gasteiger partial charge in [0.1, 0.15) is 11.5 Å². The van der Waals surface area contributed by atoms with E-state index >= 15 is 0 Å². The number of thiazole rings is 1. The van der Waals surface area contributed by atoms with E-state index in [9.17, 15) is 4.79 Å². The molecule has 0 bridgehead atoms. The summed E-state index contributed by atoms with van der Waals surface area (Å²) in [6.45, 7) is 0.247. The first-order valence-electron chi connectivity index (χ1n) is 5.83. The molecule has 0 aromatic carbocycles. The quantitative estimate of drug-likeness (QED) is 0.793. The Kier molecular flexibility index (Phi) is 2.87. The molecule has 2 heterocycles. The molecular weight excluding hydrogens is 250 g/mol. The number of hydrogen-bond acceptors (Lipinski definition) is 5. The molecule has 0 atom stereocenters. The zero-order chi connectivity index (χ0) is 12.5. The van der Waals surface area contributed by atoms with Gasteiger partial charge in [0, 0.05) is 19.2 Å². The Bertz CT molecular complexity index is 571. The van der Waals surface area contributed by atoms with Crippen LogP contribution in [0.15, 0.2) is 17.8 Å². The first kappa shape index (κ1) is 11.4. The normalized spacial score (nSPS) is 14.7. The van der Waals surface area contributed by atoms with Crippen molar-refractivity contribution in [3.8, 4) is 0 Å². The Hall–Kier alpha value is -1.69. The minimum absolute atomic E-state index is 0.247. The number of carbonyl (C=O) groups is 1. The minimum atomic E-state index is -0.277. The molecule has 2 aromatic heterocycles. The summed E-state index contributed by atoms with van der Waals surface area (Å²) in [5, 5.41) is 4.03. The van der Waals surface area contributed by atoms with Crippen LogP contribution in [0.5, 0.6) is 0 Å². The molecule has 5 nitrogen and oxygen atoms in total. The van der Waals surface area contributed by atoms with Crippen molar-refractivity contribution in [2.75, 3.05) is 0 Å². The van der Waals surface area contributed by atoms with E-state index in [1.165, 1.54) is 11.3 Å². The standard InChI is InChI=1S/C12H13N3O2S/c1-15-9(4-5-14-15)6-17-12(16)11-10(8-2-3-8)13-7-18-11/h4-5,7-8H,2-3,6H2,1H3. The number of rotatable bonds is 4. The van der Waals surface area contributed by atoms with Crippen LogP contribution in [0.4, 0.5) is 0 Å². The van der Waals surface area contributed by atoms with E-state index < -0.39 is 0 Å². The number of hydrogen-bond donors (Lipinski definition) is 0. The van der Waals surface area contributed by atoms with Crippen LogP contribution >= 0.6 is 11.3 Å². The van der Waals surface area contributed by atoms with Gasteiger partial charge in [0.25, 0.3) is 0 Å². The average molecular weight is 263 g/mol. The predicted molar refractivity (Wildman–Crippen MR) is 66.4 cm³/mol. The van der Waals surface area contributed by atoms with Gasteiger partial charge in [-0.25, -0.2) is 9.78 Å². The lowest BCUT2D eigenvalue weighted by molar-refractivity contribution is 0.0467. The summed E-state index contributed by atoms with van der Waals surface area (Å²) in [6.07, 6.45) is 3.95. The van der Waals surface area contributed by atoms with E-state index in [1.807, 2.05) is 13.1 Å². The van der Waals surface area contributed by atoms with Crippen molar-refractivity contribution in [2.45, 2.75) is 25.4 Å². The van der Waals surface area contributed by atoms with Gasteiger partial charge < -0.3 is 4.74 Å². The third kappa shape index (κ3) is 2.15. The second-order valence-corrected chi connectivity index (χ2v) is 5.22. The molecule has 0 N–H and O–H groups in total. The molecule has 2 aromatic rings. The van der Waals surface area contributed by atoms with Crippen LogP contribution in [0.2, 0.25) is 0 Å². The lowest BCUT2D eigenvalue weighted by Crippen LogP contribution is -2.08. The van der Waals surface area contributed by atoms with Crippen molar-refractivity contribution in [2.24, 2.45) is 7.05 Å². The Balaban J connectivity index is 1.67. The van der Waals surface area contributed by atoms with Crippen LogP contribution in [0, 0.1) is 0 Å². The van der Waals surface area contributed by atoms with E-state index in [-0.39, 0.29) is 12.6 Å². The largest absolute Gasteiger partial charge is 0.455 e. The number of ether oxygens (including phenoxy) is 1. The highest BCUT2D eigenvalue weighted by Crippen LogP contribution is 2.41. The number of aryl methyl sites for hydroxylation is 1. The first-order chi connectivity index (χ1) is 8.75. The molecule has 3 rings (SSSR count). The Morgan fingerprint density at radius 2 is 2.44 bits per heavy atom. The van der Waals surface area contributed by atoms with Gasteiger partial charge in [0.05, 0.1) is 16.9 Å². The summed E-state index contributed by atoms with van der Waals surface area (Å²) >= 11 is 1.36. The van der Waals surface area contributed by atoms with Gasteiger partial charge in [0.2, 0.25) is 0 Å². The van der Waals surface area contributed by atoms with E-state index in [4.69, 9.17) is 4.74 Å². The van der Waals surface area contributed by atoms with Crippen molar-refractivity contribution in [1.82, 2.24) is 14.8 Å². The van der Waals surface area contributed by atoms with E-state index in [2.05, 4.69) is 10.1 Å². The molecule has 0 radical (unpaired) electrons. The monoisotopic (exact) mass is 263 g/mol. The molecule has 1 fully saturated rings. The Morgan fingerprint density at radius 1 is 1.61 bits per heavy atom. The molecule has 0 spiro atoms. The molecule has 0 aliphatic heterocycles. The fraction of sp³-hybridized carbons (Fsp3) is 0.417. The second kappa shape index (κ2) is 4.53. The van der Waals surface area contributed by atoms with Gasteiger partial charge in [-0.1, -0.05) is 0 Å². The minimum Gasteiger partial charge on any atom is -0.455 e. The third-order valence-electron chi connectivity index (χ3n) is 3.02. The smallest absolute Gasteiger partial charge is 0.350 e. The molecule has 1 aliphatic carbocycles. The molecule has 0 unspecified atom stereocenters. The molecule has 0 saturated heterocycles. The van der Waals surface area contributed by atoms with E-state index in [0.29, 0.717) is 10.8 Å². The maximum atomic E-state index is 12.0. The van der Waals surface area contributed by atoms with Gasteiger partial charge in [0.15, 0.2) is 0 Å². The molecule has 0 amide bonds. The lowest BCUT2D eigenvalue weighted by atomic mass is 10.2. The van der Waals surface area contributed by atoms with Crippen LogP contribution in [-0.4, -0.2) is 20.7 Å². The van der Waals surface area contributed by atoms with Gasteiger partial charge >= 0.3 is 5.97 Å². The second-order valence-electron chi connectivity index (χ2n) is 4.36. The summed E-state index contributed by atoms with van der Waals surface area (Å²) in [4.78, 5) is 16.9. The fourth-order valence-corrected chi connectivity index (χ4v) is 2.57. The van der Waals surface area contributed by atoms with Crippen LogP contribution in [0.25, 0.3) is 0 Å². The number of aromatic nitrogens is 3. The predicted octanol–water partition coefficient (Wildman–Crippen LogP) is 2.11. The molecule has 18 heavy (non-hydrogen) atoms. The lowest BCUT2D eigenvalue weighted by Gasteiger charge is -2.04. The Morgan fingerprint density at radius 3 is 3.11 bits per heavy atom. The van der Waals surface area contributed by atoms with Gasteiger partial charge in [-0.05, 0) is 18.9 Å². The van der Waals surface area contributed by atoms with Crippen molar-refractivity contribution >= 4 is 17.3 Å². The summed E-state index contributed by atoms with van der Waals surface area (Å²) < 4.78 is 7.00. The first-order valence-corrected chi connectivity index (χ1v) is 6.71. The van der Waals surface area contributed by atoms with Crippen LogP contribution < -0.4 is 0 Å². The van der Waals surface area contributed by atoms with E-state index in [1.54, 1.807) is 16.4 Å². The maximum Gasteiger partial charge on any atom is 0.350 e. The highest BCUT2D eigenvalue weighted by molar-refractivity contribution is 7.11. The van der Waals surface area contributed by atoms with Crippen molar-refractivity contribution in [3.63, 3.8) is 0 Å². The molecule has 1 aliphatic rings. The van der Waals surface area contributed by atoms with Gasteiger partial charge in [-0.2, -0.15) is 5.10 Å². The number of nitrogens with zero attached hydrogens (tertiary/aromatic N) is 3. The maximum absolute atomic E-state index is 12.0. The zero-order valence-corrected chi connectivity index (χ0v) is 10.8. The summed E-state index contributed by atoms with van der Waals surface area (Å²) in [6, 6.07) is 1.84. The molecule has 1 saturated carbocycles. The molecule has 6 heteroatoms. The topological polar surface area (TPSA) is 57.0 Å². The SMILES string of the molecule is Cn1nccc1COC(=O)c1scnc1C1CC1.